The molecule has 5 aliphatic rings. The maximum absolute atomic E-state index is 10.8. The predicted molar refractivity (Wildman–Crippen MR) is 98.8 cm³/mol. The summed E-state index contributed by atoms with van der Waals surface area (Å²) in [6, 6.07) is 4.96. The Balaban J connectivity index is 1.47. The fourth-order valence-electron chi connectivity index (χ4n) is 6.98. The van der Waals surface area contributed by atoms with E-state index >= 15 is 0 Å². The van der Waals surface area contributed by atoms with Crippen LogP contribution >= 0.6 is 0 Å². The van der Waals surface area contributed by atoms with E-state index in [1.54, 1.807) is 7.11 Å². The van der Waals surface area contributed by atoms with Crippen LogP contribution in [0.4, 0.5) is 0 Å². The summed E-state index contributed by atoms with van der Waals surface area (Å²) in [7, 11) is 1.72. The van der Waals surface area contributed by atoms with Crippen LogP contribution in [0.3, 0.4) is 0 Å². The molecule has 3 aliphatic carbocycles. The van der Waals surface area contributed by atoms with Gasteiger partial charge in [0.05, 0.1) is 13.2 Å². The Kier molecular flexibility index (Phi) is 3.27. The zero-order valence-corrected chi connectivity index (χ0v) is 15.6. The van der Waals surface area contributed by atoms with Crippen molar-refractivity contribution < 1.29 is 14.6 Å². The Hall–Kier alpha value is -1.26. The summed E-state index contributed by atoms with van der Waals surface area (Å²) in [6.45, 7) is 2.43. The van der Waals surface area contributed by atoms with Crippen LogP contribution < -0.4 is 9.47 Å². The van der Waals surface area contributed by atoms with E-state index in [2.05, 4.69) is 17.0 Å². The Labute approximate surface area is 155 Å². The number of benzene rings is 1. The molecule has 2 unspecified atom stereocenters. The van der Waals surface area contributed by atoms with E-state index in [1.807, 2.05) is 0 Å². The summed E-state index contributed by atoms with van der Waals surface area (Å²) < 4.78 is 12.1. The fourth-order valence-corrected chi connectivity index (χ4v) is 6.98. The lowest BCUT2D eigenvalue weighted by molar-refractivity contribution is -0.107. The van der Waals surface area contributed by atoms with Crippen molar-refractivity contribution in [3.05, 3.63) is 23.3 Å². The van der Waals surface area contributed by atoms with Gasteiger partial charge in [-0.1, -0.05) is 12.5 Å². The lowest BCUT2D eigenvalue weighted by Crippen LogP contribution is -2.67. The lowest BCUT2D eigenvalue weighted by Gasteiger charge is -2.59. The second-order valence-electron chi connectivity index (χ2n) is 9.27. The first kappa shape index (κ1) is 15.8. The molecular formula is C22H29NO3. The number of aliphatic hydroxyl groups is 1. The molecule has 4 heteroatoms. The van der Waals surface area contributed by atoms with Crippen molar-refractivity contribution in [2.75, 3.05) is 20.2 Å². The third-order valence-corrected chi connectivity index (χ3v) is 8.32. The highest BCUT2D eigenvalue weighted by Gasteiger charge is 2.65. The molecule has 0 aromatic heterocycles. The van der Waals surface area contributed by atoms with E-state index in [0.717, 1.165) is 49.6 Å². The van der Waals surface area contributed by atoms with Gasteiger partial charge in [0, 0.05) is 23.6 Å². The van der Waals surface area contributed by atoms with Gasteiger partial charge in [-0.3, -0.25) is 4.90 Å². The molecule has 1 aromatic carbocycles. The van der Waals surface area contributed by atoms with Crippen molar-refractivity contribution in [3.8, 4) is 11.5 Å². The number of rotatable bonds is 3. The summed E-state index contributed by atoms with van der Waals surface area (Å²) >= 11 is 0. The number of likely N-dealkylation sites (tertiary alicyclic amines) is 1. The molecule has 2 bridgehead atoms. The number of hydrogen-bond acceptors (Lipinski definition) is 4. The van der Waals surface area contributed by atoms with Crippen LogP contribution in [-0.4, -0.2) is 48.5 Å². The van der Waals surface area contributed by atoms with Gasteiger partial charge in [-0.05, 0) is 68.5 Å². The third kappa shape index (κ3) is 1.83. The highest BCUT2D eigenvalue weighted by Crippen LogP contribution is 2.64. The van der Waals surface area contributed by atoms with Crippen molar-refractivity contribution in [1.82, 2.24) is 4.90 Å². The van der Waals surface area contributed by atoms with Gasteiger partial charge >= 0.3 is 0 Å². The summed E-state index contributed by atoms with van der Waals surface area (Å²) in [4.78, 5) is 2.81. The molecule has 6 rings (SSSR count). The van der Waals surface area contributed by atoms with Gasteiger partial charge in [0.1, 0.15) is 6.10 Å². The first-order valence-electron chi connectivity index (χ1n) is 10.5. The van der Waals surface area contributed by atoms with E-state index < -0.39 is 0 Å². The molecule has 0 radical (unpaired) electrons. The molecule has 1 aromatic rings. The average Bonchev–Trinajstić information content (AvgIpc) is 2.96. The molecular weight excluding hydrogens is 326 g/mol. The van der Waals surface area contributed by atoms with Gasteiger partial charge in [-0.2, -0.15) is 0 Å². The molecule has 5 atom stereocenters. The molecule has 3 fully saturated rings. The molecule has 2 heterocycles. The highest BCUT2D eigenvalue weighted by molar-refractivity contribution is 5.61. The SMILES string of the molecule is COc1ccc2c3c1OC1C(O)CC[C@@H]4[C@H](C2)N(CC2CCC2)CC[C@@]314. The highest BCUT2D eigenvalue weighted by atomic mass is 16.5. The smallest absolute Gasteiger partial charge is 0.165 e. The lowest BCUT2D eigenvalue weighted by atomic mass is 9.51. The average molecular weight is 355 g/mol. The van der Waals surface area contributed by atoms with Gasteiger partial charge in [-0.15, -0.1) is 0 Å². The predicted octanol–water partition coefficient (Wildman–Crippen LogP) is 2.90. The van der Waals surface area contributed by atoms with E-state index in [4.69, 9.17) is 9.47 Å². The molecule has 26 heavy (non-hydrogen) atoms. The molecule has 140 valence electrons. The minimum Gasteiger partial charge on any atom is -0.493 e. The minimum absolute atomic E-state index is 0.00982. The topological polar surface area (TPSA) is 41.9 Å². The Morgan fingerprint density at radius 2 is 2.15 bits per heavy atom. The summed E-state index contributed by atoms with van der Waals surface area (Å²) in [5.41, 5.74) is 2.85. The van der Waals surface area contributed by atoms with Gasteiger partial charge < -0.3 is 14.6 Å². The summed E-state index contributed by atoms with van der Waals surface area (Å²) in [6.07, 6.45) is 8.08. The Morgan fingerprint density at radius 1 is 1.27 bits per heavy atom. The largest absolute Gasteiger partial charge is 0.493 e. The second kappa shape index (κ2) is 5.39. The van der Waals surface area contributed by atoms with Crippen LogP contribution in [0.1, 0.15) is 49.7 Å². The second-order valence-corrected chi connectivity index (χ2v) is 9.27. The maximum atomic E-state index is 10.8. The number of hydrogen-bond donors (Lipinski definition) is 1. The minimum atomic E-state index is -0.354. The fraction of sp³-hybridized carbons (Fsp3) is 0.727. The van der Waals surface area contributed by atoms with Gasteiger partial charge in [0.15, 0.2) is 11.5 Å². The molecule has 1 saturated heterocycles. The van der Waals surface area contributed by atoms with Crippen LogP contribution in [0.25, 0.3) is 0 Å². The monoisotopic (exact) mass is 355 g/mol. The van der Waals surface area contributed by atoms with Crippen molar-refractivity contribution in [2.45, 2.75) is 68.6 Å². The van der Waals surface area contributed by atoms with Gasteiger partial charge in [-0.25, -0.2) is 0 Å². The standard InChI is InChI=1S/C22H29NO3/c1-25-18-8-5-14-11-16-15-6-7-17(24)21-22(15,19(14)20(18)26-21)9-10-23(16)12-13-3-2-4-13/h5,8,13,15-17,21,24H,2-4,6-7,9-12H2,1H3/t15-,16+,17?,21?,22-/m1/s1. The zero-order valence-electron chi connectivity index (χ0n) is 15.6. The van der Waals surface area contributed by atoms with E-state index in [1.165, 1.54) is 36.9 Å². The number of ether oxygens (including phenoxy) is 2. The first-order valence-corrected chi connectivity index (χ1v) is 10.5. The molecule has 2 saturated carbocycles. The van der Waals surface area contributed by atoms with Crippen LogP contribution in [-0.2, 0) is 11.8 Å². The maximum Gasteiger partial charge on any atom is 0.165 e. The normalized spacial score (nSPS) is 40.5. The van der Waals surface area contributed by atoms with Gasteiger partial charge in [0.2, 0.25) is 0 Å². The van der Waals surface area contributed by atoms with E-state index in [9.17, 15) is 5.11 Å². The Bertz CT molecular complexity index is 745. The first-order chi connectivity index (χ1) is 12.7. The van der Waals surface area contributed by atoms with Crippen molar-refractivity contribution in [2.24, 2.45) is 11.8 Å². The quantitative estimate of drug-likeness (QED) is 0.905. The van der Waals surface area contributed by atoms with Crippen molar-refractivity contribution in [3.63, 3.8) is 0 Å². The molecule has 2 aliphatic heterocycles. The van der Waals surface area contributed by atoms with E-state index in [0.29, 0.717) is 12.0 Å². The van der Waals surface area contributed by atoms with Crippen LogP contribution in [0.15, 0.2) is 12.1 Å². The van der Waals surface area contributed by atoms with Crippen LogP contribution in [0.5, 0.6) is 11.5 Å². The molecule has 1 N–H and O–H groups in total. The summed E-state index contributed by atoms with van der Waals surface area (Å²) in [5.74, 6) is 3.31. The summed E-state index contributed by atoms with van der Waals surface area (Å²) in [5, 5.41) is 10.8. The van der Waals surface area contributed by atoms with Crippen molar-refractivity contribution >= 4 is 0 Å². The van der Waals surface area contributed by atoms with Crippen LogP contribution in [0, 0.1) is 11.8 Å². The number of piperidine rings is 1. The van der Waals surface area contributed by atoms with E-state index in [-0.39, 0.29) is 17.6 Å². The zero-order chi connectivity index (χ0) is 17.5. The Morgan fingerprint density at radius 3 is 2.92 bits per heavy atom. The van der Waals surface area contributed by atoms with Crippen LogP contribution in [0.2, 0.25) is 0 Å². The molecule has 4 nitrogen and oxygen atoms in total. The van der Waals surface area contributed by atoms with Crippen molar-refractivity contribution in [1.29, 1.82) is 0 Å². The molecule has 0 amide bonds. The number of methoxy groups -OCH3 is 1. The number of aliphatic hydroxyl groups excluding tert-OH is 1. The third-order valence-electron chi connectivity index (χ3n) is 8.32. The van der Waals surface area contributed by atoms with Gasteiger partial charge in [0.25, 0.3) is 0 Å². The molecule has 1 spiro atoms. The number of nitrogens with zero attached hydrogens (tertiary/aromatic N) is 1.